The van der Waals surface area contributed by atoms with Crippen molar-refractivity contribution in [3.8, 4) is 0 Å². The third-order valence-electron chi connectivity index (χ3n) is 6.67. The molecule has 9 nitrogen and oxygen atoms in total. The van der Waals surface area contributed by atoms with Crippen LogP contribution in [-0.2, 0) is 20.8 Å². The van der Waals surface area contributed by atoms with E-state index in [9.17, 15) is 14.4 Å². The lowest BCUT2D eigenvalue weighted by Gasteiger charge is -2.23. The SMILES string of the molecule is COC(=O)c1ccc(CN(CCCCCCCCNC(=O)OC(C)(C)C)CCCCCCCNC(=O)OC(C)(C)C)cc1. The molecule has 1 rings (SSSR count). The summed E-state index contributed by atoms with van der Waals surface area (Å²) in [5.41, 5.74) is 0.826. The number of carbonyl (C=O) groups is 3. The summed E-state index contributed by atoms with van der Waals surface area (Å²) in [5, 5.41) is 5.66. The summed E-state index contributed by atoms with van der Waals surface area (Å²) in [6.07, 6.45) is 11.5. The van der Waals surface area contributed by atoms with Crippen LogP contribution in [0.1, 0.15) is 128 Å². The molecule has 0 unspecified atom stereocenters. The van der Waals surface area contributed by atoms with Crippen molar-refractivity contribution in [3.05, 3.63) is 35.4 Å². The Morgan fingerprint density at radius 1 is 0.628 bits per heavy atom. The fraction of sp³-hybridized carbons (Fsp3) is 0.735. The maximum atomic E-state index is 11.8. The largest absolute Gasteiger partial charge is 0.465 e. The van der Waals surface area contributed by atoms with Crippen LogP contribution >= 0.6 is 0 Å². The number of hydrogen-bond donors (Lipinski definition) is 2. The van der Waals surface area contributed by atoms with E-state index in [4.69, 9.17) is 14.2 Å². The van der Waals surface area contributed by atoms with E-state index in [1.807, 2.05) is 65.8 Å². The Hall–Kier alpha value is -2.81. The number of ether oxygens (including phenoxy) is 3. The molecule has 0 atom stereocenters. The summed E-state index contributed by atoms with van der Waals surface area (Å²) >= 11 is 0. The fourth-order valence-corrected chi connectivity index (χ4v) is 4.56. The molecule has 0 aliphatic carbocycles. The van der Waals surface area contributed by atoms with Crippen LogP contribution in [0.25, 0.3) is 0 Å². The van der Waals surface area contributed by atoms with Crippen LogP contribution in [-0.4, -0.2) is 67.5 Å². The Balaban J connectivity index is 2.34. The molecular weight excluding hydrogens is 546 g/mol. The molecule has 2 amide bonds. The van der Waals surface area contributed by atoms with Gasteiger partial charge in [0.05, 0.1) is 12.7 Å². The monoisotopic (exact) mass is 605 g/mol. The molecule has 0 aromatic heterocycles. The highest BCUT2D eigenvalue weighted by Gasteiger charge is 2.16. The van der Waals surface area contributed by atoms with Gasteiger partial charge in [-0.1, -0.05) is 57.1 Å². The van der Waals surface area contributed by atoms with Gasteiger partial charge in [-0.3, -0.25) is 4.90 Å². The normalized spacial score (nSPS) is 11.7. The van der Waals surface area contributed by atoms with Gasteiger partial charge in [0, 0.05) is 19.6 Å². The van der Waals surface area contributed by atoms with E-state index in [-0.39, 0.29) is 18.2 Å². The molecule has 1 aromatic carbocycles. The zero-order valence-electron chi connectivity index (χ0n) is 28.0. The Labute approximate surface area is 260 Å². The van der Waals surface area contributed by atoms with Crippen molar-refractivity contribution in [3.63, 3.8) is 0 Å². The van der Waals surface area contributed by atoms with Crippen LogP contribution in [0.4, 0.5) is 9.59 Å². The molecule has 0 saturated heterocycles. The van der Waals surface area contributed by atoms with Crippen molar-refractivity contribution in [2.75, 3.05) is 33.3 Å². The topological polar surface area (TPSA) is 106 Å². The van der Waals surface area contributed by atoms with Crippen molar-refractivity contribution in [1.82, 2.24) is 15.5 Å². The number of methoxy groups -OCH3 is 1. The van der Waals surface area contributed by atoms with Gasteiger partial charge in [-0.05, 0) is 98.0 Å². The first kappa shape index (κ1) is 38.2. The highest BCUT2D eigenvalue weighted by molar-refractivity contribution is 5.89. The summed E-state index contributed by atoms with van der Waals surface area (Å²) in [6, 6.07) is 7.70. The van der Waals surface area contributed by atoms with Crippen molar-refractivity contribution in [1.29, 1.82) is 0 Å². The molecular formula is C34H59N3O6. The molecule has 0 spiro atoms. The smallest absolute Gasteiger partial charge is 0.407 e. The molecule has 0 aliphatic rings. The number of carbonyl (C=O) groups excluding carboxylic acids is 3. The Morgan fingerprint density at radius 3 is 1.42 bits per heavy atom. The maximum Gasteiger partial charge on any atom is 0.407 e. The van der Waals surface area contributed by atoms with Crippen LogP contribution in [0.5, 0.6) is 0 Å². The van der Waals surface area contributed by atoms with Gasteiger partial charge in [-0.25, -0.2) is 14.4 Å². The van der Waals surface area contributed by atoms with E-state index in [2.05, 4.69) is 15.5 Å². The number of nitrogens with zero attached hydrogens (tertiary/aromatic N) is 1. The predicted molar refractivity (Wildman–Crippen MR) is 172 cm³/mol. The first-order valence-electron chi connectivity index (χ1n) is 16.1. The molecule has 9 heteroatoms. The first-order chi connectivity index (χ1) is 20.3. The van der Waals surface area contributed by atoms with Gasteiger partial charge in [-0.2, -0.15) is 0 Å². The van der Waals surface area contributed by atoms with E-state index in [1.54, 1.807) is 0 Å². The number of esters is 1. The summed E-state index contributed by atoms with van der Waals surface area (Å²) in [4.78, 5) is 37.8. The van der Waals surface area contributed by atoms with Crippen LogP contribution < -0.4 is 10.6 Å². The highest BCUT2D eigenvalue weighted by atomic mass is 16.6. The standard InChI is InChI=1S/C34H59N3O6/c1-33(2,3)42-31(39)35-23-15-11-8-9-13-17-25-37(27-28-19-21-29(22-20-28)30(38)41-7)26-18-14-10-12-16-24-36-32(40)43-34(4,5)6/h19-22H,8-18,23-27H2,1-7H3,(H,35,39)(H,36,40). The minimum Gasteiger partial charge on any atom is -0.465 e. The van der Waals surface area contributed by atoms with E-state index < -0.39 is 11.2 Å². The summed E-state index contributed by atoms with van der Waals surface area (Å²) in [5.74, 6) is -0.315. The molecule has 43 heavy (non-hydrogen) atoms. The van der Waals surface area contributed by atoms with Gasteiger partial charge >= 0.3 is 18.2 Å². The zero-order valence-corrected chi connectivity index (χ0v) is 28.0. The van der Waals surface area contributed by atoms with Crippen LogP contribution in [0.3, 0.4) is 0 Å². The lowest BCUT2D eigenvalue weighted by molar-refractivity contribution is 0.0515. The third-order valence-corrected chi connectivity index (χ3v) is 6.67. The average molecular weight is 606 g/mol. The molecule has 0 bridgehead atoms. The van der Waals surface area contributed by atoms with Crippen molar-refractivity contribution in [2.24, 2.45) is 0 Å². The molecule has 0 heterocycles. The Morgan fingerprint density at radius 2 is 1.02 bits per heavy atom. The summed E-state index contributed by atoms with van der Waals surface area (Å²) < 4.78 is 15.4. The Kier molecular flexibility index (Phi) is 18.6. The fourth-order valence-electron chi connectivity index (χ4n) is 4.56. The van der Waals surface area contributed by atoms with Gasteiger partial charge in [-0.15, -0.1) is 0 Å². The van der Waals surface area contributed by atoms with Gasteiger partial charge in [0.2, 0.25) is 0 Å². The lowest BCUT2D eigenvalue weighted by Crippen LogP contribution is -2.33. The van der Waals surface area contributed by atoms with Crippen LogP contribution in [0.15, 0.2) is 24.3 Å². The van der Waals surface area contributed by atoms with Gasteiger partial charge in [0.1, 0.15) is 11.2 Å². The molecule has 2 N–H and O–H groups in total. The van der Waals surface area contributed by atoms with Gasteiger partial charge < -0.3 is 24.8 Å². The van der Waals surface area contributed by atoms with Crippen molar-refractivity contribution >= 4 is 18.2 Å². The zero-order chi connectivity index (χ0) is 32.1. The number of benzene rings is 1. The Bertz CT molecular complexity index is 922. The highest BCUT2D eigenvalue weighted by Crippen LogP contribution is 2.14. The summed E-state index contributed by atoms with van der Waals surface area (Å²) in [6.45, 7) is 15.4. The number of nitrogens with one attached hydrogen (secondary N) is 2. The number of alkyl carbamates (subject to hydrolysis) is 2. The molecule has 0 aliphatic heterocycles. The van der Waals surface area contributed by atoms with Crippen LogP contribution in [0, 0.1) is 0 Å². The molecule has 1 aromatic rings. The van der Waals surface area contributed by atoms with Gasteiger partial charge in [0.25, 0.3) is 0 Å². The third kappa shape index (κ3) is 21.5. The molecule has 0 saturated carbocycles. The van der Waals surface area contributed by atoms with E-state index in [0.717, 1.165) is 77.4 Å². The molecule has 0 fully saturated rings. The lowest BCUT2D eigenvalue weighted by atomic mass is 10.1. The number of unbranched alkanes of at least 4 members (excludes halogenated alkanes) is 9. The number of rotatable bonds is 20. The minimum absolute atomic E-state index is 0.315. The van der Waals surface area contributed by atoms with E-state index >= 15 is 0 Å². The second-order valence-electron chi connectivity index (χ2n) is 13.2. The first-order valence-corrected chi connectivity index (χ1v) is 16.1. The van der Waals surface area contributed by atoms with Crippen molar-refractivity contribution < 1.29 is 28.6 Å². The van der Waals surface area contributed by atoms with Crippen LogP contribution in [0.2, 0.25) is 0 Å². The molecule has 246 valence electrons. The second-order valence-corrected chi connectivity index (χ2v) is 13.2. The quantitative estimate of drug-likeness (QED) is 0.0895. The van der Waals surface area contributed by atoms with Gasteiger partial charge in [0.15, 0.2) is 0 Å². The van der Waals surface area contributed by atoms with E-state index in [0.29, 0.717) is 18.7 Å². The maximum absolute atomic E-state index is 11.8. The van der Waals surface area contributed by atoms with E-state index in [1.165, 1.54) is 25.5 Å². The summed E-state index contributed by atoms with van der Waals surface area (Å²) in [7, 11) is 1.40. The molecule has 0 radical (unpaired) electrons. The number of hydrogen-bond acceptors (Lipinski definition) is 7. The minimum atomic E-state index is -0.471. The van der Waals surface area contributed by atoms with Crippen molar-refractivity contribution in [2.45, 2.75) is 130 Å². The average Bonchev–Trinajstić information content (AvgIpc) is 2.91. The predicted octanol–water partition coefficient (Wildman–Crippen LogP) is 7.62. The second kappa shape index (κ2) is 21.0. The number of amides is 2.